The van der Waals surface area contributed by atoms with Crippen molar-refractivity contribution in [3.63, 3.8) is 0 Å². The van der Waals surface area contributed by atoms with Crippen molar-refractivity contribution in [1.82, 2.24) is 20.1 Å². The summed E-state index contributed by atoms with van der Waals surface area (Å²) in [5.74, 6) is 0.792. The minimum absolute atomic E-state index is 0.00347. The molecule has 2 aliphatic heterocycles. The van der Waals surface area contributed by atoms with Crippen LogP contribution >= 0.6 is 0 Å². The van der Waals surface area contributed by atoms with Crippen molar-refractivity contribution in [1.29, 1.82) is 0 Å². The van der Waals surface area contributed by atoms with E-state index >= 15 is 0 Å². The zero-order chi connectivity index (χ0) is 17.6. The Morgan fingerprint density at radius 1 is 1.40 bits per heavy atom. The van der Waals surface area contributed by atoms with E-state index in [-0.39, 0.29) is 11.8 Å². The Morgan fingerprint density at radius 2 is 2.24 bits per heavy atom. The fourth-order valence-corrected chi connectivity index (χ4v) is 3.75. The molecule has 0 unspecified atom stereocenters. The number of nitrogens with one attached hydrogen (secondary N) is 1. The van der Waals surface area contributed by atoms with Crippen LogP contribution < -0.4 is 4.90 Å². The number of amides is 1. The highest BCUT2D eigenvalue weighted by molar-refractivity contribution is 5.93. The van der Waals surface area contributed by atoms with Crippen LogP contribution in [-0.4, -0.2) is 63.9 Å². The van der Waals surface area contributed by atoms with Gasteiger partial charge in [-0.25, -0.2) is 4.98 Å². The molecule has 0 aromatic carbocycles. The number of H-pyrrole nitrogens is 1. The van der Waals surface area contributed by atoms with Crippen molar-refractivity contribution in [2.45, 2.75) is 25.9 Å². The Kier molecular flexibility index (Phi) is 3.95. The summed E-state index contributed by atoms with van der Waals surface area (Å²) in [7, 11) is 1.99. The summed E-state index contributed by atoms with van der Waals surface area (Å²) in [5.41, 5.74) is 3.57. The van der Waals surface area contributed by atoms with E-state index < -0.39 is 6.10 Å². The molecule has 7 heteroatoms. The minimum Gasteiger partial charge on any atom is -0.391 e. The number of hydrogen-bond donors (Lipinski definition) is 2. The number of aliphatic hydroxyl groups is 1. The van der Waals surface area contributed by atoms with Crippen molar-refractivity contribution < 1.29 is 9.90 Å². The molecule has 1 fully saturated rings. The van der Waals surface area contributed by atoms with E-state index in [0.717, 1.165) is 30.2 Å². The topological polar surface area (TPSA) is 85.3 Å². The second-order valence-corrected chi connectivity index (χ2v) is 7.13. The SMILES string of the molecule is Cc1cc(C[C@@H]2CN(C(=O)c3ccc4c(n3)N(C)CC4)C[C@@H]2O)n[nH]1. The second-order valence-electron chi connectivity index (χ2n) is 7.13. The van der Waals surface area contributed by atoms with E-state index in [9.17, 15) is 9.90 Å². The molecule has 0 saturated carbocycles. The number of β-amino-alcohol motifs (C(OH)–C–C–N with tert-alkyl or cyclic N) is 1. The molecule has 4 rings (SSSR count). The molecule has 1 saturated heterocycles. The van der Waals surface area contributed by atoms with E-state index in [4.69, 9.17) is 0 Å². The van der Waals surface area contributed by atoms with Gasteiger partial charge in [-0.1, -0.05) is 6.07 Å². The van der Waals surface area contributed by atoms with Crippen LogP contribution in [0, 0.1) is 12.8 Å². The first-order valence-electron chi connectivity index (χ1n) is 8.70. The van der Waals surface area contributed by atoms with Gasteiger partial charge < -0.3 is 14.9 Å². The van der Waals surface area contributed by atoms with Gasteiger partial charge in [-0.15, -0.1) is 0 Å². The molecule has 1 amide bonds. The highest BCUT2D eigenvalue weighted by atomic mass is 16.3. The van der Waals surface area contributed by atoms with Gasteiger partial charge in [0.25, 0.3) is 5.91 Å². The van der Waals surface area contributed by atoms with Gasteiger partial charge in [-0.2, -0.15) is 5.10 Å². The number of likely N-dealkylation sites (N-methyl/N-ethyl adjacent to an activating group) is 1. The minimum atomic E-state index is -0.530. The number of aromatic nitrogens is 3. The number of rotatable bonds is 3. The lowest BCUT2D eigenvalue weighted by Crippen LogP contribution is -2.30. The fraction of sp³-hybridized carbons (Fsp3) is 0.500. The molecule has 2 N–H and O–H groups in total. The summed E-state index contributed by atoms with van der Waals surface area (Å²) in [6.45, 7) is 3.77. The van der Waals surface area contributed by atoms with E-state index in [1.165, 1.54) is 5.56 Å². The number of nitrogens with zero attached hydrogens (tertiary/aromatic N) is 4. The number of fused-ring (bicyclic) bond motifs is 1. The molecule has 2 aromatic rings. The largest absolute Gasteiger partial charge is 0.391 e. The molecule has 2 aromatic heterocycles. The highest BCUT2D eigenvalue weighted by Crippen LogP contribution is 2.26. The van der Waals surface area contributed by atoms with Crippen molar-refractivity contribution in [2.75, 3.05) is 31.6 Å². The van der Waals surface area contributed by atoms with E-state index in [1.807, 2.05) is 26.1 Å². The number of aryl methyl sites for hydroxylation is 1. The lowest BCUT2D eigenvalue weighted by molar-refractivity contribution is 0.0759. The number of likely N-dealkylation sites (tertiary alicyclic amines) is 1. The van der Waals surface area contributed by atoms with Crippen molar-refractivity contribution in [2.24, 2.45) is 5.92 Å². The van der Waals surface area contributed by atoms with Gasteiger partial charge in [-0.05, 0) is 37.5 Å². The third-order valence-corrected chi connectivity index (χ3v) is 5.18. The van der Waals surface area contributed by atoms with Crippen LogP contribution in [0.1, 0.15) is 27.4 Å². The van der Waals surface area contributed by atoms with Crippen LogP contribution in [0.2, 0.25) is 0 Å². The Labute approximate surface area is 146 Å². The summed E-state index contributed by atoms with van der Waals surface area (Å²) in [6.07, 6.45) is 1.11. The van der Waals surface area contributed by atoms with Crippen LogP contribution in [0.4, 0.5) is 5.82 Å². The summed E-state index contributed by atoms with van der Waals surface area (Å²) in [6, 6.07) is 5.78. The molecular weight excluding hydrogens is 318 g/mol. The monoisotopic (exact) mass is 341 g/mol. The molecule has 0 radical (unpaired) electrons. The average molecular weight is 341 g/mol. The second kappa shape index (κ2) is 6.15. The molecule has 132 valence electrons. The summed E-state index contributed by atoms with van der Waals surface area (Å²) < 4.78 is 0. The molecule has 0 aliphatic carbocycles. The molecular formula is C18H23N5O2. The highest BCUT2D eigenvalue weighted by Gasteiger charge is 2.35. The molecule has 4 heterocycles. The summed E-state index contributed by atoms with van der Waals surface area (Å²) >= 11 is 0. The number of aromatic amines is 1. The third kappa shape index (κ3) is 3.00. The molecule has 0 bridgehead atoms. The van der Waals surface area contributed by atoms with Gasteiger partial charge in [0.15, 0.2) is 0 Å². The smallest absolute Gasteiger partial charge is 0.272 e. The molecule has 0 spiro atoms. The van der Waals surface area contributed by atoms with E-state index in [0.29, 0.717) is 25.2 Å². The van der Waals surface area contributed by atoms with Gasteiger partial charge in [-0.3, -0.25) is 9.89 Å². The summed E-state index contributed by atoms with van der Waals surface area (Å²) in [4.78, 5) is 21.1. The van der Waals surface area contributed by atoms with Gasteiger partial charge in [0, 0.05) is 38.3 Å². The number of hydrogen-bond acceptors (Lipinski definition) is 5. The third-order valence-electron chi connectivity index (χ3n) is 5.18. The average Bonchev–Trinajstić information content (AvgIpc) is 3.28. The first-order chi connectivity index (χ1) is 12.0. The normalized spacial score (nSPS) is 22.5. The van der Waals surface area contributed by atoms with Crippen LogP contribution in [0.25, 0.3) is 0 Å². The Morgan fingerprint density at radius 3 is 3.00 bits per heavy atom. The predicted octanol–water partition coefficient (Wildman–Crippen LogP) is 0.781. The molecule has 2 aliphatic rings. The van der Waals surface area contributed by atoms with E-state index in [2.05, 4.69) is 20.1 Å². The van der Waals surface area contributed by atoms with Crippen molar-refractivity contribution in [3.05, 3.63) is 40.8 Å². The number of anilines is 1. The maximum atomic E-state index is 12.8. The Balaban J connectivity index is 1.47. The first kappa shape index (κ1) is 16.1. The number of carbonyl (C=O) groups excluding carboxylic acids is 1. The van der Waals surface area contributed by atoms with Gasteiger partial charge in [0.1, 0.15) is 11.5 Å². The van der Waals surface area contributed by atoms with Gasteiger partial charge in [0.2, 0.25) is 0 Å². The first-order valence-corrected chi connectivity index (χ1v) is 8.70. The maximum Gasteiger partial charge on any atom is 0.272 e. The van der Waals surface area contributed by atoms with Crippen LogP contribution in [0.5, 0.6) is 0 Å². The van der Waals surface area contributed by atoms with Crippen LogP contribution in [0.3, 0.4) is 0 Å². The zero-order valence-electron chi connectivity index (χ0n) is 14.6. The van der Waals surface area contributed by atoms with E-state index in [1.54, 1.807) is 11.0 Å². The zero-order valence-corrected chi connectivity index (χ0v) is 14.6. The number of carbonyl (C=O) groups is 1. The number of aliphatic hydroxyl groups excluding tert-OH is 1. The van der Waals surface area contributed by atoms with Crippen LogP contribution in [0.15, 0.2) is 18.2 Å². The predicted molar refractivity (Wildman–Crippen MR) is 93.6 cm³/mol. The van der Waals surface area contributed by atoms with Crippen molar-refractivity contribution >= 4 is 11.7 Å². The van der Waals surface area contributed by atoms with Crippen molar-refractivity contribution in [3.8, 4) is 0 Å². The lowest BCUT2D eigenvalue weighted by atomic mass is 10.0. The van der Waals surface area contributed by atoms with Crippen LogP contribution in [-0.2, 0) is 12.8 Å². The lowest BCUT2D eigenvalue weighted by Gasteiger charge is -2.17. The summed E-state index contributed by atoms with van der Waals surface area (Å²) in [5, 5.41) is 17.5. The van der Waals surface area contributed by atoms with Gasteiger partial charge in [0.05, 0.1) is 11.8 Å². The molecule has 7 nitrogen and oxygen atoms in total. The standard InChI is InChI=1S/C18H23N5O2/c1-11-7-14(21-20-11)8-13-9-23(10-16(13)24)18(25)15-4-3-12-5-6-22(2)17(12)19-15/h3-4,7,13,16,24H,5-6,8-10H2,1-2H3,(H,20,21)/t13-,16+/m1/s1. The molecule has 2 atom stereocenters. The fourth-order valence-electron chi connectivity index (χ4n) is 3.75. The van der Waals surface area contributed by atoms with Gasteiger partial charge >= 0.3 is 0 Å². The Bertz CT molecular complexity index is 803. The molecule has 25 heavy (non-hydrogen) atoms. The maximum absolute atomic E-state index is 12.8. The number of pyridine rings is 1. The quantitative estimate of drug-likeness (QED) is 0.862. The Hall–Kier alpha value is -2.41.